The molecule has 0 aliphatic carbocycles. The third kappa shape index (κ3) is 5.22. The second kappa shape index (κ2) is 11.5. The van der Waals surface area contributed by atoms with Gasteiger partial charge in [-0.1, -0.05) is 60.7 Å². The van der Waals surface area contributed by atoms with Gasteiger partial charge in [-0.2, -0.15) is 5.26 Å². The molecule has 0 radical (unpaired) electrons. The fourth-order valence-corrected chi connectivity index (χ4v) is 5.56. The number of imidazole rings is 1. The van der Waals surface area contributed by atoms with E-state index in [9.17, 15) is 9.59 Å². The lowest BCUT2D eigenvalue weighted by Gasteiger charge is -2.27. The molecule has 2 amide bonds. The standard InChI is InChI=1S/C33H30N6O2/c34-19-24-13-15-25(16-14-24)22-38-23-35-20-27(38)21-36-33(41)39-29-12-6-5-11-28(29)30(26-9-3-1-4-10-26)31(39)32(40)37-17-7-2-8-18-37/h1,3-6,9-16,20,23H,2,7-8,17-18,21-22H2,(H,36,41). The third-order valence-electron chi connectivity index (χ3n) is 7.64. The number of carbonyl (C=O) groups is 2. The molecular weight excluding hydrogens is 512 g/mol. The summed E-state index contributed by atoms with van der Waals surface area (Å²) in [6.45, 7) is 2.16. The zero-order valence-corrected chi connectivity index (χ0v) is 22.7. The lowest BCUT2D eigenvalue weighted by Crippen LogP contribution is -2.39. The minimum atomic E-state index is -0.366. The lowest BCUT2D eigenvalue weighted by molar-refractivity contribution is 0.0716. The number of carbonyl (C=O) groups excluding carboxylic acids is 2. The van der Waals surface area contributed by atoms with Gasteiger partial charge in [0.1, 0.15) is 5.69 Å². The second-order valence-electron chi connectivity index (χ2n) is 10.3. The second-order valence-corrected chi connectivity index (χ2v) is 10.3. The number of para-hydroxylation sites is 1. The van der Waals surface area contributed by atoms with Crippen molar-refractivity contribution in [2.45, 2.75) is 32.4 Å². The van der Waals surface area contributed by atoms with Crippen molar-refractivity contribution in [3.63, 3.8) is 0 Å². The summed E-state index contributed by atoms with van der Waals surface area (Å²) in [5, 5.41) is 13.0. The van der Waals surface area contributed by atoms with Crippen molar-refractivity contribution in [3.8, 4) is 17.2 Å². The smallest absolute Gasteiger partial charge is 0.327 e. The van der Waals surface area contributed by atoms with Gasteiger partial charge < -0.3 is 14.8 Å². The van der Waals surface area contributed by atoms with Crippen LogP contribution in [0.5, 0.6) is 0 Å². The highest BCUT2D eigenvalue weighted by Gasteiger charge is 2.30. The Balaban J connectivity index is 1.35. The minimum Gasteiger partial charge on any atom is -0.337 e. The van der Waals surface area contributed by atoms with Gasteiger partial charge in [0.2, 0.25) is 0 Å². The van der Waals surface area contributed by atoms with Crippen LogP contribution in [0.15, 0.2) is 91.4 Å². The quantitative estimate of drug-likeness (QED) is 0.293. The average Bonchev–Trinajstić information content (AvgIpc) is 3.62. The number of aromatic nitrogens is 3. The molecule has 0 unspecified atom stereocenters. The molecule has 1 fully saturated rings. The summed E-state index contributed by atoms with van der Waals surface area (Å²) in [4.78, 5) is 34.3. The summed E-state index contributed by atoms with van der Waals surface area (Å²) in [5.74, 6) is -0.124. The Morgan fingerprint density at radius 2 is 1.63 bits per heavy atom. The molecule has 1 N–H and O–H groups in total. The maximum absolute atomic E-state index is 14.1. The first-order chi connectivity index (χ1) is 20.1. The first-order valence-electron chi connectivity index (χ1n) is 13.9. The molecule has 8 nitrogen and oxygen atoms in total. The van der Waals surface area contributed by atoms with Gasteiger partial charge in [-0.25, -0.2) is 9.78 Å². The van der Waals surface area contributed by atoms with E-state index in [1.165, 1.54) is 0 Å². The van der Waals surface area contributed by atoms with Gasteiger partial charge in [0.25, 0.3) is 5.91 Å². The molecule has 1 aliphatic heterocycles. The fourth-order valence-electron chi connectivity index (χ4n) is 5.56. The summed E-state index contributed by atoms with van der Waals surface area (Å²) >= 11 is 0. The van der Waals surface area contributed by atoms with Gasteiger partial charge in [0.15, 0.2) is 0 Å². The molecule has 204 valence electrons. The number of hydrogen-bond donors (Lipinski definition) is 1. The van der Waals surface area contributed by atoms with Crippen molar-refractivity contribution in [2.75, 3.05) is 13.1 Å². The molecule has 0 atom stereocenters. The SMILES string of the molecule is N#Cc1ccc(Cn2cncc2CNC(=O)n2c(C(=O)N3CCCCC3)c(-c3ccccc3)c3ccccc32)cc1. The minimum absolute atomic E-state index is 0.124. The van der Waals surface area contributed by atoms with Gasteiger partial charge in [-0.15, -0.1) is 0 Å². The van der Waals surface area contributed by atoms with Gasteiger partial charge in [0.05, 0.1) is 35.7 Å². The molecular formula is C33H30N6O2. The van der Waals surface area contributed by atoms with Crippen LogP contribution in [-0.4, -0.2) is 44.0 Å². The normalized spacial score (nSPS) is 13.2. The van der Waals surface area contributed by atoms with E-state index in [1.54, 1.807) is 29.2 Å². The lowest BCUT2D eigenvalue weighted by atomic mass is 10.0. The van der Waals surface area contributed by atoms with E-state index >= 15 is 0 Å². The molecule has 1 saturated heterocycles. The largest absolute Gasteiger partial charge is 0.337 e. The fraction of sp³-hybridized carbons (Fsp3) is 0.212. The number of hydrogen-bond acceptors (Lipinski definition) is 4. The van der Waals surface area contributed by atoms with Crippen molar-refractivity contribution in [2.24, 2.45) is 0 Å². The van der Waals surface area contributed by atoms with Crippen LogP contribution in [-0.2, 0) is 13.1 Å². The summed E-state index contributed by atoms with van der Waals surface area (Å²) in [7, 11) is 0. The zero-order chi connectivity index (χ0) is 28.2. The van der Waals surface area contributed by atoms with E-state index in [4.69, 9.17) is 5.26 Å². The molecule has 3 heterocycles. The van der Waals surface area contributed by atoms with E-state index in [2.05, 4.69) is 16.4 Å². The van der Waals surface area contributed by atoms with Crippen LogP contribution in [0.3, 0.4) is 0 Å². The Morgan fingerprint density at radius 1 is 0.902 bits per heavy atom. The Labute approximate surface area is 238 Å². The van der Waals surface area contributed by atoms with Crippen LogP contribution in [0, 0.1) is 11.3 Å². The van der Waals surface area contributed by atoms with E-state index in [1.807, 2.05) is 76.2 Å². The summed E-state index contributed by atoms with van der Waals surface area (Å²) in [5.41, 5.74) is 5.21. The molecule has 2 aromatic heterocycles. The summed E-state index contributed by atoms with van der Waals surface area (Å²) in [6, 6.07) is 26.7. The van der Waals surface area contributed by atoms with E-state index in [0.29, 0.717) is 36.4 Å². The third-order valence-corrected chi connectivity index (χ3v) is 7.64. The van der Waals surface area contributed by atoms with E-state index in [0.717, 1.165) is 47.0 Å². The van der Waals surface area contributed by atoms with Gasteiger partial charge in [0, 0.05) is 36.8 Å². The summed E-state index contributed by atoms with van der Waals surface area (Å²) in [6.07, 6.45) is 6.48. The van der Waals surface area contributed by atoms with Gasteiger partial charge in [-0.05, 0) is 48.6 Å². The van der Waals surface area contributed by atoms with E-state index in [-0.39, 0.29) is 18.5 Å². The Bertz CT molecular complexity index is 1740. The highest BCUT2D eigenvalue weighted by atomic mass is 16.2. The maximum Gasteiger partial charge on any atom is 0.327 e. The Morgan fingerprint density at radius 3 is 2.39 bits per heavy atom. The monoisotopic (exact) mass is 542 g/mol. The predicted octanol–water partition coefficient (Wildman–Crippen LogP) is 5.81. The predicted molar refractivity (Wildman–Crippen MR) is 157 cm³/mol. The van der Waals surface area contributed by atoms with Crippen LogP contribution >= 0.6 is 0 Å². The molecule has 41 heavy (non-hydrogen) atoms. The molecule has 0 saturated carbocycles. The summed E-state index contributed by atoms with van der Waals surface area (Å²) < 4.78 is 3.51. The van der Waals surface area contributed by atoms with Crippen molar-refractivity contribution >= 4 is 22.8 Å². The van der Waals surface area contributed by atoms with Crippen LogP contribution in [0.2, 0.25) is 0 Å². The molecule has 6 rings (SSSR count). The topological polar surface area (TPSA) is 96.0 Å². The first kappa shape index (κ1) is 26.1. The Kier molecular flexibility index (Phi) is 7.33. The maximum atomic E-state index is 14.1. The van der Waals surface area contributed by atoms with Crippen LogP contribution in [0.4, 0.5) is 4.79 Å². The number of rotatable bonds is 6. The number of nitriles is 1. The van der Waals surface area contributed by atoms with Gasteiger partial charge >= 0.3 is 6.03 Å². The molecule has 0 bridgehead atoms. The molecule has 3 aromatic carbocycles. The first-order valence-corrected chi connectivity index (χ1v) is 13.9. The highest BCUT2D eigenvalue weighted by molar-refractivity contribution is 6.14. The van der Waals surface area contributed by atoms with Crippen LogP contribution in [0.1, 0.15) is 46.6 Å². The number of benzene rings is 3. The van der Waals surface area contributed by atoms with Crippen molar-refractivity contribution in [1.29, 1.82) is 5.26 Å². The zero-order valence-electron chi connectivity index (χ0n) is 22.7. The number of piperidine rings is 1. The molecule has 8 heteroatoms. The van der Waals surface area contributed by atoms with Crippen molar-refractivity contribution < 1.29 is 9.59 Å². The highest BCUT2D eigenvalue weighted by Crippen LogP contribution is 2.36. The number of amides is 2. The molecule has 0 spiro atoms. The molecule has 5 aromatic rings. The van der Waals surface area contributed by atoms with Crippen molar-refractivity contribution in [1.82, 2.24) is 24.3 Å². The van der Waals surface area contributed by atoms with Crippen molar-refractivity contribution in [3.05, 3.63) is 114 Å². The van der Waals surface area contributed by atoms with Gasteiger partial charge in [-0.3, -0.25) is 9.36 Å². The average molecular weight is 543 g/mol. The Hall–Kier alpha value is -5.16. The number of nitrogens with one attached hydrogen (secondary N) is 1. The van der Waals surface area contributed by atoms with Crippen LogP contribution < -0.4 is 5.32 Å². The number of likely N-dealkylation sites (tertiary alicyclic amines) is 1. The molecule has 1 aliphatic rings. The number of nitrogens with zero attached hydrogens (tertiary/aromatic N) is 5. The number of fused-ring (bicyclic) bond motifs is 1. The van der Waals surface area contributed by atoms with E-state index < -0.39 is 0 Å². The van der Waals surface area contributed by atoms with Crippen LogP contribution in [0.25, 0.3) is 22.0 Å².